The molecule has 10 heteroatoms. The van der Waals surface area contributed by atoms with Crippen molar-refractivity contribution < 1.29 is 14.3 Å². The first-order chi connectivity index (χ1) is 18.0. The topological polar surface area (TPSA) is 125 Å². The van der Waals surface area contributed by atoms with Gasteiger partial charge in [-0.1, -0.05) is 42.1 Å². The quantitative estimate of drug-likeness (QED) is 0.281. The first-order valence-corrected chi connectivity index (χ1v) is 12.3. The Morgan fingerprint density at radius 3 is 2.49 bits per heavy atom. The molecular weight excluding hydrogens is 490 g/mol. The Hall–Kier alpha value is -4.57. The van der Waals surface area contributed by atoms with Crippen LogP contribution in [0.1, 0.15) is 17.9 Å². The minimum Gasteiger partial charge on any atom is -0.497 e. The molecule has 4 N–H and O–H groups in total. The normalized spacial score (nSPS) is 14.3. The van der Waals surface area contributed by atoms with Gasteiger partial charge in [-0.3, -0.25) is 19.4 Å². The Morgan fingerprint density at radius 2 is 1.73 bits per heavy atom. The van der Waals surface area contributed by atoms with Crippen molar-refractivity contribution in [2.45, 2.75) is 22.1 Å². The molecule has 0 saturated carbocycles. The third-order valence-corrected chi connectivity index (χ3v) is 6.82. The number of carbonyl (C=O) groups excluding carboxylic acids is 2. The number of rotatable bonds is 7. The molecule has 0 saturated heterocycles. The number of hydrogen-bond donors (Lipinski definition) is 4. The van der Waals surface area contributed by atoms with Crippen molar-refractivity contribution in [1.29, 1.82) is 0 Å². The van der Waals surface area contributed by atoms with Crippen molar-refractivity contribution in [3.05, 3.63) is 94.8 Å². The molecule has 1 atom stereocenters. The van der Waals surface area contributed by atoms with E-state index in [1.165, 1.54) is 11.8 Å². The number of aromatic nitrogens is 2. The summed E-state index contributed by atoms with van der Waals surface area (Å²) in [6.07, 6.45) is -0.164. The predicted octanol–water partition coefficient (Wildman–Crippen LogP) is 4.74. The Bertz CT molecular complexity index is 1510. The van der Waals surface area contributed by atoms with Gasteiger partial charge in [0.1, 0.15) is 11.6 Å². The average Bonchev–Trinajstić information content (AvgIpc) is 2.90. The maximum Gasteiger partial charge on any atom is 0.258 e. The number of H-pyrrole nitrogens is 1. The lowest BCUT2D eigenvalue weighted by Gasteiger charge is -2.24. The van der Waals surface area contributed by atoms with Gasteiger partial charge in [0.05, 0.1) is 24.3 Å². The van der Waals surface area contributed by atoms with Crippen LogP contribution in [0.25, 0.3) is 0 Å². The number of anilines is 4. The molecule has 0 bridgehead atoms. The van der Waals surface area contributed by atoms with Crippen LogP contribution in [0, 0.1) is 0 Å². The summed E-state index contributed by atoms with van der Waals surface area (Å²) in [5.41, 5.74) is 0.864. The van der Waals surface area contributed by atoms with E-state index in [0.29, 0.717) is 17.1 Å². The molecule has 186 valence electrons. The fraction of sp³-hybridized carbons (Fsp3) is 0.111. The number of amides is 2. The lowest BCUT2D eigenvalue weighted by Crippen LogP contribution is -2.36. The Morgan fingerprint density at radius 1 is 1.00 bits per heavy atom. The molecule has 5 rings (SSSR count). The minimum atomic E-state index is -0.996. The Kier molecular flexibility index (Phi) is 6.91. The monoisotopic (exact) mass is 513 g/mol. The van der Waals surface area contributed by atoms with Gasteiger partial charge in [0.15, 0.2) is 0 Å². The number of aromatic amines is 1. The van der Waals surface area contributed by atoms with Crippen LogP contribution in [-0.4, -0.2) is 28.9 Å². The van der Waals surface area contributed by atoms with Gasteiger partial charge < -0.3 is 20.7 Å². The molecule has 0 aliphatic carbocycles. The van der Waals surface area contributed by atoms with Crippen LogP contribution in [0.5, 0.6) is 5.75 Å². The van der Waals surface area contributed by atoms with Gasteiger partial charge in [0.2, 0.25) is 17.8 Å². The van der Waals surface area contributed by atoms with Crippen molar-refractivity contribution >= 4 is 46.7 Å². The number of para-hydroxylation sites is 1. The van der Waals surface area contributed by atoms with Gasteiger partial charge in [-0.25, -0.2) is 0 Å². The van der Waals surface area contributed by atoms with Crippen molar-refractivity contribution in [2.75, 3.05) is 23.1 Å². The van der Waals surface area contributed by atoms with E-state index < -0.39 is 23.3 Å². The van der Waals surface area contributed by atoms with E-state index in [-0.39, 0.29) is 23.8 Å². The fourth-order valence-corrected chi connectivity index (χ4v) is 4.88. The summed E-state index contributed by atoms with van der Waals surface area (Å²) < 4.78 is 5.15. The zero-order valence-corrected chi connectivity index (χ0v) is 20.6. The van der Waals surface area contributed by atoms with E-state index in [9.17, 15) is 14.4 Å². The van der Waals surface area contributed by atoms with Crippen LogP contribution in [0.3, 0.4) is 0 Å². The van der Waals surface area contributed by atoms with E-state index in [0.717, 1.165) is 9.79 Å². The van der Waals surface area contributed by atoms with Crippen molar-refractivity contribution in [1.82, 2.24) is 9.97 Å². The summed E-state index contributed by atoms with van der Waals surface area (Å²) in [7, 11) is 1.57. The molecule has 4 aromatic rings. The van der Waals surface area contributed by atoms with E-state index >= 15 is 0 Å². The second kappa shape index (κ2) is 10.6. The van der Waals surface area contributed by atoms with Crippen LogP contribution < -0.4 is 26.2 Å². The molecule has 37 heavy (non-hydrogen) atoms. The van der Waals surface area contributed by atoms with E-state index in [1.54, 1.807) is 37.4 Å². The molecule has 1 aromatic heterocycles. The van der Waals surface area contributed by atoms with Crippen LogP contribution in [-0.2, 0) is 9.59 Å². The average molecular weight is 514 g/mol. The Balaban J connectivity index is 1.39. The standard InChI is InChI=1S/C27H23N5O4S/c1-36-17-13-11-16(12-14-17)28-27-31-24-23(26(35)32-27)19(15-22(33)30-24)25(34)29-20-9-5-6-10-21(20)37-18-7-3-2-4-8-18/h2-14,19H,15H2,1H3,(H,29,34)(H3,28,30,31,32,33,35)/t19-/m0/s1. The summed E-state index contributed by atoms with van der Waals surface area (Å²) in [6, 6.07) is 24.2. The van der Waals surface area contributed by atoms with E-state index in [1.807, 2.05) is 48.5 Å². The highest BCUT2D eigenvalue weighted by atomic mass is 32.2. The van der Waals surface area contributed by atoms with E-state index in [2.05, 4.69) is 25.9 Å². The summed E-state index contributed by atoms with van der Waals surface area (Å²) in [5, 5.41) is 8.53. The van der Waals surface area contributed by atoms with Crippen molar-refractivity contribution in [3.63, 3.8) is 0 Å². The van der Waals surface area contributed by atoms with Crippen LogP contribution in [0.4, 0.5) is 23.1 Å². The zero-order valence-electron chi connectivity index (χ0n) is 19.8. The van der Waals surface area contributed by atoms with Crippen LogP contribution in [0.2, 0.25) is 0 Å². The SMILES string of the molecule is COc1ccc(Nc2nc3c(c(=O)[nH]2)[C@@H](C(=O)Nc2ccccc2Sc2ccccc2)CC(=O)N3)cc1. The molecule has 9 nitrogen and oxygen atoms in total. The largest absolute Gasteiger partial charge is 0.497 e. The highest BCUT2D eigenvalue weighted by molar-refractivity contribution is 7.99. The number of benzene rings is 3. The maximum absolute atomic E-state index is 13.4. The number of nitrogens with zero attached hydrogens (tertiary/aromatic N) is 1. The minimum absolute atomic E-state index is 0.0584. The lowest BCUT2D eigenvalue weighted by molar-refractivity contribution is -0.123. The fourth-order valence-electron chi connectivity index (χ4n) is 3.96. The second-order valence-corrected chi connectivity index (χ2v) is 9.35. The number of methoxy groups -OCH3 is 1. The van der Waals surface area contributed by atoms with Gasteiger partial charge in [-0.2, -0.15) is 4.98 Å². The first-order valence-electron chi connectivity index (χ1n) is 11.5. The number of fused-ring (bicyclic) bond motifs is 1. The van der Waals surface area contributed by atoms with Gasteiger partial charge in [0, 0.05) is 21.9 Å². The zero-order chi connectivity index (χ0) is 25.8. The summed E-state index contributed by atoms with van der Waals surface area (Å²) >= 11 is 1.51. The molecule has 1 aliphatic rings. The van der Waals surface area contributed by atoms with Crippen LogP contribution >= 0.6 is 11.8 Å². The maximum atomic E-state index is 13.4. The number of nitrogens with one attached hydrogen (secondary N) is 4. The molecular formula is C27H23N5O4S. The smallest absolute Gasteiger partial charge is 0.258 e. The molecule has 0 unspecified atom stereocenters. The van der Waals surface area contributed by atoms with Crippen molar-refractivity contribution in [2.24, 2.45) is 0 Å². The number of carbonyl (C=O) groups is 2. The number of hydrogen-bond acceptors (Lipinski definition) is 7. The molecule has 2 amide bonds. The Labute approximate surface area is 216 Å². The first kappa shape index (κ1) is 24.1. The summed E-state index contributed by atoms with van der Waals surface area (Å²) in [5.74, 6) is -0.969. The van der Waals surface area contributed by atoms with Gasteiger partial charge in [-0.05, 0) is 48.5 Å². The highest BCUT2D eigenvalue weighted by Crippen LogP contribution is 2.35. The molecule has 0 fully saturated rings. The lowest BCUT2D eigenvalue weighted by atomic mass is 9.92. The third-order valence-electron chi connectivity index (χ3n) is 5.74. The van der Waals surface area contributed by atoms with Gasteiger partial charge in [-0.15, -0.1) is 0 Å². The molecule has 2 heterocycles. The molecule has 0 radical (unpaired) electrons. The summed E-state index contributed by atoms with van der Waals surface area (Å²) in [6.45, 7) is 0. The van der Waals surface area contributed by atoms with Gasteiger partial charge in [0.25, 0.3) is 5.56 Å². The number of ether oxygens (including phenoxy) is 1. The third kappa shape index (κ3) is 5.49. The molecule has 3 aromatic carbocycles. The highest BCUT2D eigenvalue weighted by Gasteiger charge is 2.35. The summed E-state index contributed by atoms with van der Waals surface area (Å²) in [4.78, 5) is 47.8. The van der Waals surface area contributed by atoms with Crippen molar-refractivity contribution in [3.8, 4) is 5.75 Å². The predicted molar refractivity (Wildman–Crippen MR) is 143 cm³/mol. The van der Waals surface area contributed by atoms with Crippen LogP contribution in [0.15, 0.2) is 93.4 Å². The molecule has 0 spiro atoms. The van der Waals surface area contributed by atoms with E-state index in [4.69, 9.17) is 4.74 Å². The second-order valence-electron chi connectivity index (χ2n) is 8.24. The molecule has 1 aliphatic heterocycles. The van der Waals surface area contributed by atoms with Gasteiger partial charge >= 0.3 is 0 Å².